The Hall–Kier alpha value is -4.41. The summed E-state index contributed by atoms with van der Waals surface area (Å²) in [5.74, 6) is -4.26. The third-order valence-electron chi connectivity index (χ3n) is 7.02. The number of aromatic nitrogens is 1. The van der Waals surface area contributed by atoms with Crippen LogP contribution in [0.1, 0.15) is 55.3 Å². The average Bonchev–Trinajstić information content (AvgIpc) is 3.27. The van der Waals surface area contributed by atoms with Crippen LogP contribution in [-0.2, 0) is 11.2 Å². The molecule has 0 saturated heterocycles. The van der Waals surface area contributed by atoms with Crippen molar-refractivity contribution in [2.24, 2.45) is 0 Å². The molecule has 1 aromatic heterocycles. The van der Waals surface area contributed by atoms with Gasteiger partial charge >= 0.3 is 0 Å². The van der Waals surface area contributed by atoms with E-state index in [2.05, 4.69) is 5.32 Å². The van der Waals surface area contributed by atoms with E-state index in [4.69, 9.17) is 0 Å². The maximum atomic E-state index is 14.0. The summed E-state index contributed by atoms with van der Waals surface area (Å²) in [4.78, 5) is 24.9. The number of carbonyl (C=O) groups excluding carboxylic acids is 2. The summed E-state index contributed by atoms with van der Waals surface area (Å²) in [5, 5.41) is 34.2. The molecule has 3 aromatic carbocycles. The van der Waals surface area contributed by atoms with Crippen molar-refractivity contribution >= 4 is 17.6 Å². The molecule has 4 rings (SSSR count). The molecule has 0 aliphatic carbocycles. The number of carboxylic acid groups (broad SMARTS) is 1. The second-order valence-corrected chi connectivity index (χ2v) is 10.7. The van der Waals surface area contributed by atoms with E-state index in [1.54, 1.807) is 41.0 Å². The van der Waals surface area contributed by atoms with Crippen LogP contribution in [0, 0.1) is 17.5 Å². The largest absolute Gasteiger partial charge is 0.550 e. The fourth-order valence-electron chi connectivity index (χ4n) is 5.32. The zero-order chi connectivity index (χ0) is 31.3. The molecule has 1 amide bonds. The molecular weight excluding hydrogens is 561 g/mol. The molecule has 3 N–H and O–H groups in total. The molecule has 226 valence electrons. The van der Waals surface area contributed by atoms with Crippen molar-refractivity contribution < 1.29 is 38.1 Å². The molecule has 0 radical (unpaired) electrons. The molecule has 0 bridgehead atoms. The van der Waals surface area contributed by atoms with E-state index in [0.29, 0.717) is 34.0 Å². The summed E-state index contributed by atoms with van der Waals surface area (Å²) in [5.41, 5.74) is 3.06. The molecule has 4 aromatic rings. The fourth-order valence-corrected chi connectivity index (χ4v) is 5.32. The SMILES string of the molecule is CC(C)n1c(CC[C@@H](O)C[C@@H](O)CC(=O)[O-])c(-c2ccc(F)cc2)c(-c2ccccc2)c1C(=O)Nc1cc(F)cc(F)c1. The monoisotopic (exact) mass is 593 g/mol. The average molecular weight is 594 g/mol. The number of rotatable bonds is 12. The maximum absolute atomic E-state index is 14.0. The smallest absolute Gasteiger partial charge is 0.272 e. The predicted molar refractivity (Wildman–Crippen MR) is 155 cm³/mol. The number of nitrogens with one attached hydrogen (secondary N) is 1. The summed E-state index contributed by atoms with van der Waals surface area (Å²) < 4.78 is 43.8. The number of aliphatic hydroxyl groups excluding tert-OH is 2. The van der Waals surface area contributed by atoms with Crippen LogP contribution < -0.4 is 10.4 Å². The van der Waals surface area contributed by atoms with E-state index >= 15 is 0 Å². The zero-order valence-corrected chi connectivity index (χ0v) is 23.7. The van der Waals surface area contributed by atoms with Gasteiger partial charge in [-0.3, -0.25) is 4.79 Å². The first-order valence-corrected chi connectivity index (χ1v) is 13.9. The highest BCUT2D eigenvalue weighted by Gasteiger charge is 2.30. The van der Waals surface area contributed by atoms with E-state index < -0.39 is 48.0 Å². The quantitative estimate of drug-likeness (QED) is 0.208. The maximum Gasteiger partial charge on any atom is 0.272 e. The Morgan fingerprint density at radius 3 is 2.02 bits per heavy atom. The number of hydrogen-bond acceptors (Lipinski definition) is 5. The van der Waals surface area contributed by atoms with E-state index in [9.17, 15) is 38.1 Å². The first-order valence-electron chi connectivity index (χ1n) is 13.9. The number of anilines is 1. The van der Waals surface area contributed by atoms with Gasteiger partial charge < -0.3 is 30.0 Å². The molecule has 0 aliphatic rings. The van der Waals surface area contributed by atoms with Crippen molar-refractivity contribution in [2.45, 2.75) is 57.8 Å². The minimum Gasteiger partial charge on any atom is -0.550 e. The van der Waals surface area contributed by atoms with Gasteiger partial charge in [0.15, 0.2) is 0 Å². The number of carbonyl (C=O) groups is 2. The number of carboxylic acids is 1. The lowest BCUT2D eigenvalue weighted by atomic mass is 9.92. The van der Waals surface area contributed by atoms with Gasteiger partial charge in [-0.2, -0.15) is 0 Å². The van der Waals surface area contributed by atoms with Crippen LogP contribution in [0.15, 0.2) is 72.8 Å². The van der Waals surface area contributed by atoms with Gasteiger partial charge in [-0.05, 0) is 68.5 Å². The standard InChI is InChI=1S/C33H33F3N2O5/c1-19(2)38-28(13-12-26(39)17-27(40)18-29(41)42)30(21-8-10-22(34)11-9-21)31(20-6-4-3-5-7-20)32(38)33(43)37-25-15-23(35)14-24(36)16-25/h3-11,14-16,19,26-27,39-40H,12-13,17-18H2,1-2H3,(H,37,43)(H,41,42)/p-1/t26-,27-/m1/s1. The Bertz CT molecular complexity index is 1570. The summed E-state index contributed by atoms with van der Waals surface area (Å²) >= 11 is 0. The second-order valence-electron chi connectivity index (χ2n) is 10.7. The summed E-state index contributed by atoms with van der Waals surface area (Å²) in [6.45, 7) is 3.71. The van der Waals surface area contributed by atoms with E-state index in [-0.39, 0.29) is 36.7 Å². The second kappa shape index (κ2) is 13.7. The number of aliphatic hydroxyl groups is 2. The highest BCUT2D eigenvalue weighted by atomic mass is 19.1. The molecule has 43 heavy (non-hydrogen) atoms. The van der Waals surface area contributed by atoms with Gasteiger partial charge in [0.25, 0.3) is 5.91 Å². The number of hydrogen-bond donors (Lipinski definition) is 3. The fraction of sp³-hybridized carbons (Fsp3) is 0.273. The molecule has 0 spiro atoms. The number of amides is 1. The summed E-state index contributed by atoms with van der Waals surface area (Å²) in [6, 6.07) is 17.1. The molecule has 2 atom stereocenters. The van der Waals surface area contributed by atoms with Crippen LogP contribution in [-0.4, -0.2) is 38.9 Å². The van der Waals surface area contributed by atoms with Crippen molar-refractivity contribution in [3.05, 3.63) is 102 Å². The molecule has 0 fully saturated rings. The lowest BCUT2D eigenvalue weighted by molar-refractivity contribution is -0.307. The van der Waals surface area contributed by atoms with Crippen LogP contribution in [0.3, 0.4) is 0 Å². The predicted octanol–water partition coefficient (Wildman–Crippen LogP) is 5.26. The van der Waals surface area contributed by atoms with Crippen LogP contribution >= 0.6 is 0 Å². The van der Waals surface area contributed by atoms with E-state index in [0.717, 1.165) is 12.1 Å². The van der Waals surface area contributed by atoms with Crippen molar-refractivity contribution in [2.75, 3.05) is 5.32 Å². The Morgan fingerprint density at radius 2 is 1.44 bits per heavy atom. The Balaban J connectivity index is 1.91. The third kappa shape index (κ3) is 7.71. The van der Waals surface area contributed by atoms with Gasteiger partial charge in [0.2, 0.25) is 0 Å². The zero-order valence-electron chi connectivity index (χ0n) is 23.7. The van der Waals surface area contributed by atoms with Crippen LogP contribution in [0.5, 0.6) is 0 Å². The Morgan fingerprint density at radius 1 is 0.837 bits per heavy atom. The van der Waals surface area contributed by atoms with Crippen molar-refractivity contribution in [3.8, 4) is 22.3 Å². The molecule has 0 saturated carbocycles. The lowest BCUT2D eigenvalue weighted by Gasteiger charge is -2.20. The first kappa shape index (κ1) is 31.5. The highest BCUT2D eigenvalue weighted by molar-refractivity contribution is 6.11. The number of halogens is 3. The van der Waals surface area contributed by atoms with Crippen molar-refractivity contribution in [1.82, 2.24) is 4.57 Å². The number of benzene rings is 3. The molecule has 0 aliphatic heterocycles. The van der Waals surface area contributed by atoms with E-state index in [1.165, 1.54) is 12.1 Å². The van der Waals surface area contributed by atoms with Gasteiger partial charge in [-0.15, -0.1) is 0 Å². The third-order valence-corrected chi connectivity index (χ3v) is 7.02. The van der Waals surface area contributed by atoms with Crippen LogP contribution in [0.2, 0.25) is 0 Å². The minimum atomic E-state index is -1.44. The number of aliphatic carboxylic acids is 1. The molecular formula is C33H32F3N2O5-. The molecule has 0 unspecified atom stereocenters. The normalized spacial score (nSPS) is 12.7. The van der Waals surface area contributed by atoms with Crippen molar-refractivity contribution in [3.63, 3.8) is 0 Å². The Kier molecular flexibility index (Phi) is 10.1. The van der Waals surface area contributed by atoms with Gasteiger partial charge in [-0.1, -0.05) is 42.5 Å². The highest BCUT2D eigenvalue weighted by Crippen LogP contribution is 2.43. The topological polar surface area (TPSA) is 115 Å². The molecule has 1 heterocycles. The number of nitrogens with zero attached hydrogens (tertiary/aromatic N) is 1. The van der Waals surface area contributed by atoms with Crippen LogP contribution in [0.4, 0.5) is 18.9 Å². The first-order chi connectivity index (χ1) is 20.4. The van der Waals surface area contributed by atoms with Crippen molar-refractivity contribution in [1.29, 1.82) is 0 Å². The van der Waals surface area contributed by atoms with Gasteiger partial charge in [0.05, 0.1) is 12.2 Å². The molecule has 7 nitrogen and oxygen atoms in total. The van der Waals surface area contributed by atoms with Gasteiger partial charge in [-0.25, -0.2) is 13.2 Å². The summed E-state index contributed by atoms with van der Waals surface area (Å²) in [6.07, 6.45) is -2.93. The summed E-state index contributed by atoms with van der Waals surface area (Å²) in [7, 11) is 0. The lowest BCUT2D eigenvalue weighted by Crippen LogP contribution is -2.29. The van der Waals surface area contributed by atoms with Gasteiger partial charge in [0, 0.05) is 47.0 Å². The molecule has 10 heteroatoms. The van der Waals surface area contributed by atoms with E-state index in [1.807, 2.05) is 19.9 Å². The minimum absolute atomic E-state index is 0.0831. The van der Waals surface area contributed by atoms with Crippen LogP contribution in [0.25, 0.3) is 22.3 Å². The van der Waals surface area contributed by atoms with Gasteiger partial charge in [0.1, 0.15) is 23.1 Å². The Labute approximate surface area is 247 Å².